The molecular weight excluding hydrogens is 474 g/mol. The highest BCUT2D eigenvalue weighted by Crippen LogP contribution is 2.53. The molecule has 4 atom stereocenters. The van der Waals surface area contributed by atoms with Crippen molar-refractivity contribution < 1.29 is 4.79 Å². The van der Waals surface area contributed by atoms with Crippen molar-refractivity contribution in [3.8, 4) is 0 Å². The first kappa shape index (κ1) is 24.9. The van der Waals surface area contributed by atoms with E-state index < -0.39 is 0 Å². The second kappa shape index (κ2) is 10.4. The van der Waals surface area contributed by atoms with E-state index in [-0.39, 0.29) is 5.91 Å². The molecule has 3 unspecified atom stereocenters. The molecule has 200 valence electrons. The average molecular weight is 514 g/mol. The van der Waals surface area contributed by atoms with Crippen molar-refractivity contribution >= 4 is 40.2 Å². The van der Waals surface area contributed by atoms with E-state index in [1.165, 1.54) is 31.9 Å². The van der Waals surface area contributed by atoms with Gasteiger partial charge in [0.15, 0.2) is 0 Å². The zero-order valence-corrected chi connectivity index (χ0v) is 22.2. The minimum absolute atomic E-state index is 0.177. The zero-order valence-electron chi connectivity index (χ0n) is 22.2. The smallest absolute Gasteiger partial charge is 0.257 e. The van der Waals surface area contributed by atoms with Crippen LogP contribution in [0.25, 0.3) is 11.0 Å². The molecule has 6 N–H and O–H groups in total. The summed E-state index contributed by atoms with van der Waals surface area (Å²) in [7, 11) is 0. The molecule has 2 saturated carbocycles. The first-order valence-electron chi connectivity index (χ1n) is 14.2. The van der Waals surface area contributed by atoms with E-state index in [0.29, 0.717) is 22.5 Å². The number of hydrogen-bond donors (Lipinski definition) is 5. The van der Waals surface area contributed by atoms with Gasteiger partial charge in [-0.05, 0) is 86.1 Å². The molecule has 0 spiro atoms. The normalized spacial score (nSPS) is 24.7. The number of benzene rings is 2. The van der Waals surface area contributed by atoms with Gasteiger partial charge in [0.1, 0.15) is 5.82 Å². The molecule has 2 bridgehead atoms. The number of nitrogen functional groups attached to an aromatic ring is 1. The SMILES string of the molecule is C[C@@H]1C2CCC1C(CCCc1nc3cc(N4CCNCC4)c(C(=O)Nc4ccc(C=N)c(N)c4)cc3[nH]1)C2. The predicted octanol–water partition coefficient (Wildman–Crippen LogP) is 4.81. The monoisotopic (exact) mass is 513 g/mol. The molecule has 3 aromatic rings. The summed E-state index contributed by atoms with van der Waals surface area (Å²) in [4.78, 5) is 24.2. The summed E-state index contributed by atoms with van der Waals surface area (Å²) >= 11 is 0. The average Bonchev–Trinajstić information content (AvgIpc) is 3.59. The van der Waals surface area contributed by atoms with E-state index >= 15 is 0 Å². The largest absolute Gasteiger partial charge is 0.398 e. The van der Waals surface area contributed by atoms with Crippen LogP contribution in [0.2, 0.25) is 0 Å². The third kappa shape index (κ3) is 4.77. The number of aromatic nitrogens is 2. The van der Waals surface area contributed by atoms with Gasteiger partial charge >= 0.3 is 0 Å². The topological polar surface area (TPSA) is 123 Å². The van der Waals surface area contributed by atoms with Gasteiger partial charge in [-0.15, -0.1) is 0 Å². The van der Waals surface area contributed by atoms with Gasteiger partial charge in [-0.25, -0.2) is 4.98 Å². The number of carbonyl (C=O) groups is 1. The van der Waals surface area contributed by atoms with E-state index in [0.717, 1.165) is 85.2 Å². The van der Waals surface area contributed by atoms with Crippen LogP contribution >= 0.6 is 0 Å². The van der Waals surface area contributed by atoms with Gasteiger partial charge in [0.25, 0.3) is 5.91 Å². The number of hydrogen-bond acceptors (Lipinski definition) is 6. The van der Waals surface area contributed by atoms with Crippen molar-refractivity contribution in [2.75, 3.05) is 42.1 Å². The first-order valence-corrected chi connectivity index (χ1v) is 14.2. The third-order valence-electron chi connectivity index (χ3n) is 9.34. The molecule has 2 aliphatic carbocycles. The van der Waals surface area contributed by atoms with Gasteiger partial charge in [0, 0.05) is 55.8 Å². The third-order valence-corrected chi connectivity index (χ3v) is 9.34. The number of nitrogens with one attached hydrogen (secondary N) is 4. The summed E-state index contributed by atoms with van der Waals surface area (Å²) in [5, 5.41) is 13.9. The molecule has 2 aromatic carbocycles. The Morgan fingerprint density at radius 1 is 1.24 bits per heavy atom. The lowest BCUT2D eigenvalue weighted by molar-refractivity contribution is 0.102. The number of piperazine rings is 1. The van der Waals surface area contributed by atoms with E-state index in [1.54, 1.807) is 18.2 Å². The fourth-order valence-electron chi connectivity index (χ4n) is 7.26. The molecule has 6 rings (SSSR count). The van der Waals surface area contributed by atoms with E-state index in [9.17, 15) is 4.79 Å². The summed E-state index contributed by atoms with van der Waals surface area (Å²) in [5.41, 5.74) is 11.1. The highest BCUT2D eigenvalue weighted by Gasteiger charge is 2.44. The molecule has 8 heteroatoms. The fourth-order valence-corrected chi connectivity index (χ4v) is 7.26. The Hall–Kier alpha value is -3.39. The number of H-pyrrole nitrogens is 1. The highest BCUT2D eigenvalue weighted by atomic mass is 16.1. The standard InChI is InChI=1S/C30H39N7O/c1-18-19-6-8-23(18)20(13-19)3-2-4-29-35-26-15-24(28(16-27(26)36-29)37-11-9-33-10-12-37)30(38)34-22-7-5-21(17-31)25(32)14-22/h5,7,14-20,23,31,33H,2-4,6,8-13,32H2,1H3,(H,34,38)(H,35,36)/t18-,19?,20?,23?/m1/s1. The molecule has 1 saturated heterocycles. The summed E-state index contributed by atoms with van der Waals surface area (Å²) in [6.07, 6.45) is 8.91. The molecule has 8 nitrogen and oxygen atoms in total. The number of fused-ring (bicyclic) bond motifs is 3. The minimum atomic E-state index is -0.177. The van der Waals surface area contributed by atoms with Crippen LogP contribution in [-0.2, 0) is 6.42 Å². The van der Waals surface area contributed by atoms with Gasteiger partial charge in [0.05, 0.1) is 22.3 Å². The van der Waals surface area contributed by atoms with Crippen molar-refractivity contribution in [3.05, 3.63) is 47.3 Å². The molecular formula is C30H39N7O. The number of nitrogens with two attached hydrogens (primary N) is 1. The van der Waals surface area contributed by atoms with Gasteiger partial charge in [-0.1, -0.05) is 6.92 Å². The van der Waals surface area contributed by atoms with Crippen LogP contribution in [-0.4, -0.2) is 48.3 Å². The predicted molar refractivity (Wildman–Crippen MR) is 154 cm³/mol. The number of anilines is 3. The van der Waals surface area contributed by atoms with E-state index in [4.69, 9.17) is 16.1 Å². The lowest BCUT2D eigenvalue weighted by Crippen LogP contribution is -2.44. The molecule has 1 aromatic heterocycles. The minimum Gasteiger partial charge on any atom is -0.398 e. The number of aromatic amines is 1. The van der Waals surface area contributed by atoms with E-state index in [1.807, 2.05) is 6.07 Å². The fraction of sp³-hybridized carbons (Fsp3) is 0.500. The maximum absolute atomic E-state index is 13.5. The van der Waals surface area contributed by atoms with Crippen LogP contribution in [0.1, 0.15) is 60.8 Å². The van der Waals surface area contributed by atoms with Crippen molar-refractivity contribution in [2.24, 2.45) is 23.7 Å². The first-order chi connectivity index (χ1) is 18.5. The molecule has 38 heavy (non-hydrogen) atoms. The van der Waals surface area contributed by atoms with Crippen molar-refractivity contribution in [2.45, 2.75) is 45.4 Å². The van der Waals surface area contributed by atoms with E-state index in [2.05, 4.69) is 33.5 Å². The second-order valence-electron chi connectivity index (χ2n) is 11.5. The molecule has 0 radical (unpaired) electrons. The number of nitrogens with zero attached hydrogens (tertiary/aromatic N) is 2. The van der Waals surface area contributed by atoms with Gasteiger partial charge in [0.2, 0.25) is 0 Å². The number of aryl methyl sites for hydroxylation is 1. The Morgan fingerprint density at radius 2 is 2.08 bits per heavy atom. The Kier molecular flexibility index (Phi) is 6.82. The summed E-state index contributed by atoms with van der Waals surface area (Å²) in [6.45, 7) is 5.91. The van der Waals surface area contributed by atoms with Crippen molar-refractivity contribution in [1.82, 2.24) is 15.3 Å². The molecule has 1 aliphatic heterocycles. The van der Waals surface area contributed by atoms with Crippen molar-refractivity contribution in [1.29, 1.82) is 5.41 Å². The Labute approximate surface area is 224 Å². The number of imidazole rings is 1. The van der Waals surface area contributed by atoms with Crippen LogP contribution in [0, 0.1) is 29.1 Å². The van der Waals surface area contributed by atoms with Crippen LogP contribution in [0.5, 0.6) is 0 Å². The molecule has 2 heterocycles. The second-order valence-corrected chi connectivity index (χ2v) is 11.5. The maximum atomic E-state index is 13.5. The van der Waals surface area contributed by atoms with Crippen LogP contribution in [0.3, 0.4) is 0 Å². The van der Waals surface area contributed by atoms with Gasteiger partial charge < -0.3 is 31.7 Å². The van der Waals surface area contributed by atoms with Gasteiger partial charge in [-0.2, -0.15) is 0 Å². The lowest BCUT2D eigenvalue weighted by Gasteiger charge is -2.31. The number of carbonyl (C=O) groups excluding carboxylic acids is 1. The Balaban J connectivity index is 1.22. The van der Waals surface area contributed by atoms with Crippen molar-refractivity contribution in [3.63, 3.8) is 0 Å². The summed E-state index contributed by atoms with van der Waals surface area (Å²) < 4.78 is 0. The Morgan fingerprint density at radius 3 is 2.79 bits per heavy atom. The van der Waals surface area contributed by atoms with Crippen LogP contribution in [0.15, 0.2) is 30.3 Å². The Bertz CT molecular complexity index is 1340. The highest BCUT2D eigenvalue weighted by molar-refractivity contribution is 6.10. The number of rotatable bonds is 8. The van der Waals surface area contributed by atoms with Crippen LogP contribution in [0.4, 0.5) is 17.1 Å². The number of amides is 1. The van der Waals surface area contributed by atoms with Crippen LogP contribution < -0.4 is 21.3 Å². The summed E-state index contributed by atoms with van der Waals surface area (Å²) in [6, 6.07) is 9.25. The maximum Gasteiger partial charge on any atom is 0.257 e. The lowest BCUT2D eigenvalue weighted by atomic mass is 9.84. The quantitative estimate of drug-likeness (QED) is 0.219. The summed E-state index contributed by atoms with van der Waals surface area (Å²) in [5.74, 6) is 4.55. The molecule has 3 aliphatic rings. The molecule has 1 amide bonds. The zero-order chi connectivity index (χ0) is 26.2. The molecule has 3 fully saturated rings. The van der Waals surface area contributed by atoms with Gasteiger partial charge in [-0.3, -0.25) is 4.79 Å².